The number of allylic oxidation sites excluding steroid dienone is 2. The number of nitrogens with one attached hydrogen (secondary N) is 3. The first-order valence-corrected chi connectivity index (χ1v) is 18.6. The molecule has 48 heavy (non-hydrogen) atoms. The largest absolute Gasteiger partial charge is 0.491 e. The molecule has 1 fully saturated rings. The van der Waals surface area contributed by atoms with Crippen molar-refractivity contribution in [2.45, 2.75) is 83.6 Å². The number of nitrogens with zero attached hydrogens (tertiary/aromatic N) is 1. The number of pyridine rings is 1. The SMILES string of the molecule is C=C(C)NC1C(C)CSC1CCCCC(=C)NCCOCCOCCOc1ccc(C(CCC)NC(=O)/C=C/c2cccc(C)n2)cc1. The summed E-state index contributed by atoms with van der Waals surface area (Å²) in [5.41, 5.74) is 4.88. The van der Waals surface area contributed by atoms with Crippen LogP contribution in [0.2, 0.25) is 0 Å². The minimum atomic E-state index is -0.138. The van der Waals surface area contributed by atoms with E-state index >= 15 is 0 Å². The maximum atomic E-state index is 12.6. The number of unbranched alkanes of at least 4 members (excludes halogenated alkanes) is 1. The van der Waals surface area contributed by atoms with Crippen LogP contribution in [0, 0.1) is 12.8 Å². The van der Waals surface area contributed by atoms with Gasteiger partial charge >= 0.3 is 0 Å². The van der Waals surface area contributed by atoms with E-state index in [4.69, 9.17) is 14.2 Å². The first-order chi connectivity index (χ1) is 23.2. The summed E-state index contributed by atoms with van der Waals surface area (Å²) in [6, 6.07) is 14.1. The van der Waals surface area contributed by atoms with E-state index in [1.54, 1.807) is 12.2 Å². The molecule has 1 saturated heterocycles. The van der Waals surface area contributed by atoms with E-state index in [9.17, 15) is 4.79 Å². The Morgan fingerprint density at radius 2 is 1.81 bits per heavy atom. The van der Waals surface area contributed by atoms with Crippen LogP contribution in [-0.2, 0) is 14.3 Å². The molecule has 264 valence electrons. The summed E-state index contributed by atoms with van der Waals surface area (Å²) in [7, 11) is 0. The van der Waals surface area contributed by atoms with Crippen LogP contribution in [0.4, 0.5) is 0 Å². The molecule has 1 aromatic heterocycles. The minimum absolute atomic E-state index is 0.0729. The molecular formula is C39H58N4O4S. The van der Waals surface area contributed by atoms with Crippen molar-refractivity contribution in [2.75, 3.05) is 45.3 Å². The van der Waals surface area contributed by atoms with E-state index in [-0.39, 0.29) is 11.9 Å². The van der Waals surface area contributed by atoms with Gasteiger partial charge < -0.3 is 30.2 Å². The van der Waals surface area contributed by atoms with Crippen molar-refractivity contribution in [1.29, 1.82) is 0 Å². The number of hydrogen-bond acceptors (Lipinski definition) is 8. The number of thioether (sulfide) groups is 1. The highest BCUT2D eigenvalue weighted by atomic mass is 32.2. The first kappa shape index (κ1) is 39.2. The van der Waals surface area contributed by atoms with Gasteiger partial charge in [-0.15, -0.1) is 0 Å². The molecule has 0 aliphatic carbocycles. The summed E-state index contributed by atoms with van der Waals surface area (Å²) in [5, 5.41) is 10.8. The molecule has 1 aromatic carbocycles. The summed E-state index contributed by atoms with van der Waals surface area (Å²) in [6.07, 6.45) is 9.68. The monoisotopic (exact) mass is 678 g/mol. The van der Waals surface area contributed by atoms with Crippen molar-refractivity contribution in [3.63, 3.8) is 0 Å². The predicted octanol–water partition coefficient (Wildman–Crippen LogP) is 7.38. The molecule has 3 rings (SSSR count). The van der Waals surface area contributed by atoms with Crippen LogP contribution >= 0.6 is 11.8 Å². The van der Waals surface area contributed by atoms with Crippen molar-refractivity contribution < 1.29 is 19.0 Å². The number of hydrogen-bond donors (Lipinski definition) is 3. The van der Waals surface area contributed by atoms with E-state index in [2.05, 4.69) is 66.6 Å². The molecule has 0 bridgehead atoms. The lowest BCUT2D eigenvalue weighted by molar-refractivity contribution is -0.117. The van der Waals surface area contributed by atoms with Gasteiger partial charge in [0.1, 0.15) is 12.4 Å². The molecule has 8 nitrogen and oxygen atoms in total. The minimum Gasteiger partial charge on any atom is -0.491 e. The van der Waals surface area contributed by atoms with Crippen molar-refractivity contribution in [3.05, 3.63) is 90.0 Å². The molecule has 2 heterocycles. The maximum Gasteiger partial charge on any atom is 0.244 e. The van der Waals surface area contributed by atoms with Crippen molar-refractivity contribution in [2.24, 2.45) is 5.92 Å². The predicted molar refractivity (Wildman–Crippen MR) is 200 cm³/mol. The van der Waals surface area contributed by atoms with Gasteiger partial charge in [-0.05, 0) is 87.1 Å². The van der Waals surface area contributed by atoms with Crippen molar-refractivity contribution in [1.82, 2.24) is 20.9 Å². The van der Waals surface area contributed by atoms with Crippen LogP contribution in [-0.4, -0.2) is 67.5 Å². The fourth-order valence-electron chi connectivity index (χ4n) is 5.69. The molecule has 1 aliphatic heterocycles. The number of rotatable bonds is 24. The Balaban J connectivity index is 1.19. The zero-order valence-corrected chi connectivity index (χ0v) is 30.4. The number of carbonyl (C=O) groups excluding carboxylic acids is 1. The third-order valence-electron chi connectivity index (χ3n) is 8.20. The maximum absolute atomic E-state index is 12.6. The molecule has 3 N–H and O–H groups in total. The van der Waals surface area contributed by atoms with Crippen LogP contribution in [0.3, 0.4) is 0 Å². The summed E-state index contributed by atoms with van der Waals surface area (Å²) in [6.45, 7) is 20.0. The van der Waals surface area contributed by atoms with Crippen LogP contribution < -0.4 is 20.7 Å². The zero-order valence-electron chi connectivity index (χ0n) is 29.6. The van der Waals surface area contributed by atoms with E-state index in [0.29, 0.717) is 50.2 Å². The highest BCUT2D eigenvalue weighted by Crippen LogP contribution is 2.35. The van der Waals surface area contributed by atoms with Crippen LogP contribution in [0.5, 0.6) is 5.75 Å². The summed E-state index contributed by atoms with van der Waals surface area (Å²) in [5.74, 6) is 2.56. The number of benzene rings is 1. The fourth-order valence-corrected chi connectivity index (χ4v) is 7.32. The highest BCUT2D eigenvalue weighted by molar-refractivity contribution is 8.00. The molecule has 1 aliphatic rings. The lowest BCUT2D eigenvalue weighted by atomic mass is 9.97. The Hall–Kier alpha value is -3.27. The van der Waals surface area contributed by atoms with E-state index < -0.39 is 0 Å². The normalized spacial score (nSPS) is 18.0. The second kappa shape index (κ2) is 22.4. The summed E-state index contributed by atoms with van der Waals surface area (Å²) >= 11 is 2.10. The van der Waals surface area contributed by atoms with E-state index in [0.717, 1.165) is 66.3 Å². The third kappa shape index (κ3) is 15.3. The van der Waals surface area contributed by atoms with Gasteiger partial charge in [-0.3, -0.25) is 9.78 Å². The first-order valence-electron chi connectivity index (χ1n) is 17.5. The second-order valence-electron chi connectivity index (χ2n) is 12.6. The van der Waals surface area contributed by atoms with Gasteiger partial charge in [0, 0.05) is 41.0 Å². The van der Waals surface area contributed by atoms with Crippen LogP contribution in [0.25, 0.3) is 6.08 Å². The molecule has 4 atom stereocenters. The average molecular weight is 679 g/mol. The molecule has 1 amide bonds. The van der Waals surface area contributed by atoms with Crippen LogP contribution in [0.1, 0.15) is 82.3 Å². The Bertz CT molecular complexity index is 1290. The lowest BCUT2D eigenvalue weighted by Crippen LogP contribution is -2.38. The third-order valence-corrected chi connectivity index (χ3v) is 9.87. The smallest absolute Gasteiger partial charge is 0.244 e. The quantitative estimate of drug-likeness (QED) is 0.0783. The van der Waals surface area contributed by atoms with Crippen LogP contribution in [0.15, 0.2) is 73.1 Å². The molecule has 9 heteroatoms. The van der Waals surface area contributed by atoms with E-state index in [1.807, 2.05) is 49.4 Å². The molecule has 0 spiro atoms. The lowest BCUT2D eigenvalue weighted by Gasteiger charge is -2.24. The number of aromatic nitrogens is 1. The molecule has 0 radical (unpaired) electrons. The van der Waals surface area contributed by atoms with Crippen molar-refractivity contribution >= 4 is 23.7 Å². The van der Waals surface area contributed by atoms with E-state index in [1.165, 1.54) is 18.6 Å². The van der Waals surface area contributed by atoms with Gasteiger partial charge in [-0.2, -0.15) is 11.8 Å². The van der Waals surface area contributed by atoms with Gasteiger partial charge in [0.25, 0.3) is 0 Å². The van der Waals surface area contributed by atoms with Gasteiger partial charge in [0.15, 0.2) is 0 Å². The molecule has 4 unspecified atom stereocenters. The van der Waals surface area contributed by atoms with Gasteiger partial charge in [-0.1, -0.05) is 58.0 Å². The standard InChI is InChI=1S/C39H58N4O4S/c1-7-11-36(43-38(44)21-18-34-14-10-13-32(6)42-34)33-16-19-35(20-17-33)47-27-26-46-25-24-45-23-22-40-31(5)12-8-9-15-37-39(41-29(2)3)30(4)28-48-37/h10,13-14,16-21,30,36-37,39-41H,2,5,7-9,11-12,15,22-28H2,1,3-4,6H3,(H,43,44)/b21-18+. The topological polar surface area (TPSA) is 93.7 Å². The molecule has 2 aromatic rings. The number of amides is 1. The molecular weight excluding hydrogens is 621 g/mol. The molecule has 0 saturated carbocycles. The van der Waals surface area contributed by atoms with Gasteiger partial charge in [0.2, 0.25) is 5.91 Å². The van der Waals surface area contributed by atoms with Gasteiger partial charge in [-0.25, -0.2) is 0 Å². The number of ether oxygens (including phenoxy) is 3. The Morgan fingerprint density at radius 1 is 1.06 bits per heavy atom. The Labute approximate surface area is 293 Å². The fraction of sp³-hybridized carbons (Fsp3) is 0.538. The van der Waals surface area contributed by atoms with Crippen molar-refractivity contribution in [3.8, 4) is 5.75 Å². The number of aryl methyl sites for hydroxylation is 1. The van der Waals surface area contributed by atoms with Gasteiger partial charge in [0.05, 0.1) is 38.2 Å². The zero-order chi connectivity index (χ0) is 34.6. The highest BCUT2D eigenvalue weighted by Gasteiger charge is 2.33. The Morgan fingerprint density at radius 3 is 2.54 bits per heavy atom. The Kier molecular flexibility index (Phi) is 18.3. The second-order valence-corrected chi connectivity index (χ2v) is 13.9. The summed E-state index contributed by atoms with van der Waals surface area (Å²) < 4.78 is 17.2. The summed E-state index contributed by atoms with van der Waals surface area (Å²) in [4.78, 5) is 17.0. The average Bonchev–Trinajstić information content (AvgIpc) is 3.40. The number of carbonyl (C=O) groups is 1.